The molecule has 0 aliphatic carbocycles. The highest BCUT2D eigenvalue weighted by Crippen LogP contribution is 2.33. The molecule has 3 heterocycles. The fourth-order valence-electron chi connectivity index (χ4n) is 2.93. The number of nitrogens with one attached hydrogen (secondary N) is 1. The summed E-state index contributed by atoms with van der Waals surface area (Å²) in [5.74, 6) is 0.618. The zero-order valence-corrected chi connectivity index (χ0v) is 14.4. The van der Waals surface area contributed by atoms with Crippen molar-refractivity contribution in [3.63, 3.8) is 0 Å². The lowest BCUT2D eigenvalue weighted by Gasteiger charge is -2.22. The molecule has 1 aliphatic rings. The van der Waals surface area contributed by atoms with Crippen molar-refractivity contribution >= 4 is 34.3 Å². The van der Waals surface area contributed by atoms with Crippen LogP contribution in [0.15, 0.2) is 29.6 Å². The Morgan fingerprint density at radius 1 is 1.38 bits per heavy atom. The van der Waals surface area contributed by atoms with Gasteiger partial charge in [0.25, 0.3) is 0 Å². The fraction of sp³-hybridized carbons (Fsp3) is 0.500. The summed E-state index contributed by atoms with van der Waals surface area (Å²) in [5.41, 5.74) is 0. The summed E-state index contributed by atoms with van der Waals surface area (Å²) in [6, 6.07) is 8.67. The number of halogens is 1. The minimum Gasteiger partial charge on any atom is -0.378 e. The summed E-state index contributed by atoms with van der Waals surface area (Å²) < 4.78 is 6.64. The monoisotopic (exact) mass is 341 g/mol. The van der Waals surface area contributed by atoms with Crippen LogP contribution in [-0.2, 0) is 4.74 Å². The van der Waals surface area contributed by atoms with E-state index in [1.165, 1.54) is 9.75 Å². The average Bonchev–Trinajstić information content (AvgIpc) is 3.21. The summed E-state index contributed by atoms with van der Waals surface area (Å²) in [6.45, 7) is 4.11. The highest BCUT2D eigenvalue weighted by molar-refractivity contribution is 7.16. The first kappa shape index (κ1) is 15.5. The van der Waals surface area contributed by atoms with Gasteiger partial charge in [-0.05, 0) is 42.3 Å². The molecule has 2 nitrogen and oxygen atoms in total. The maximum Gasteiger partial charge on any atom is 0.0931 e. The van der Waals surface area contributed by atoms with E-state index in [-0.39, 0.29) is 6.04 Å². The summed E-state index contributed by atoms with van der Waals surface area (Å²) in [6.07, 6.45) is 2.67. The first-order chi connectivity index (χ1) is 10.3. The summed E-state index contributed by atoms with van der Waals surface area (Å²) in [4.78, 5) is 2.63. The van der Waals surface area contributed by atoms with Crippen molar-refractivity contribution in [2.24, 2.45) is 5.92 Å². The summed E-state index contributed by atoms with van der Waals surface area (Å²) in [7, 11) is 0. The van der Waals surface area contributed by atoms with E-state index in [9.17, 15) is 0 Å². The van der Waals surface area contributed by atoms with Crippen molar-refractivity contribution in [3.8, 4) is 0 Å². The Morgan fingerprint density at radius 2 is 2.29 bits per heavy atom. The SMILES string of the molecule is CCC1OCCC1CNC(c1cccs1)c1ccc(Cl)s1. The molecule has 1 N–H and O–H groups in total. The predicted octanol–water partition coefficient (Wildman–Crippen LogP) is 4.96. The Morgan fingerprint density at radius 3 is 2.95 bits per heavy atom. The van der Waals surface area contributed by atoms with Crippen LogP contribution in [0, 0.1) is 5.92 Å². The second kappa shape index (κ2) is 7.25. The molecule has 0 saturated carbocycles. The van der Waals surface area contributed by atoms with E-state index in [2.05, 4.69) is 35.8 Å². The van der Waals surface area contributed by atoms with Crippen LogP contribution in [0.25, 0.3) is 0 Å². The zero-order chi connectivity index (χ0) is 14.7. The third-order valence-corrected chi connectivity index (χ3v) is 6.27. The lowest BCUT2D eigenvalue weighted by atomic mass is 9.99. The van der Waals surface area contributed by atoms with Crippen LogP contribution in [0.4, 0.5) is 0 Å². The molecule has 21 heavy (non-hydrogen) atoms. The van der Waals surface area contributed by atoms with Gasteiger partial charge >= 0.3 is 0 Å². The van der Waals surface area contributed by atoms with Crippen molar-refractivity contribution in [3.05, 3.63) is 43.7 Å². The molecular formula is C16H20ClNOS2. The van der Waals surface area contributed by atoms with Crippen LogP contribution in [0.5, 0.6) is 0 Å². The van der Waals surface area contributed by atoms with Crippen LogP contribution in [0.2, 0.25) is 4.34 Å². The van der Waals surface area contributed by atoms with Gasteiger partial charge in [-0.15, -0.1) is 22.7 Å². The quantitative estimate of drug-likeness (QED) is 0.802. The maximum absolute atomic E-state index is 6.11. The highest BCUT2D eigenvalue weighted by atomic mass is 35.5. The van der Waals surface area contributed by atoms with Gasteiger partial charge < -0.3 is 10.1 Å². The van der Waals surface area contributed by atoms with Crippen LogP contribution in [0.3, 0.4) is 0 Å². The summed E-state index contributed by atoms with van der Waals surface area (Å²) >= 11 is 9.57. The van der Waals surface area contributed by atoms with Crippen molar-refractivity contribution in [2.75, 3.05) is 13.2 Å². The molecule has 3 atom stereocenters. The van der Waals surface area contributed by atoms with Gasteiger partial charge in [-0.3, -0.25) is 0 Å². The average molecular weight is 342 g/mol. The molecule has 0 spiro atoms. The summed E-state index contributed by atoms with van der Waals surface area (Å²) in [5, 5.41) is 5.87. The number of hydrogen-bond donors (Lipinski definition) is 1. The van der Waals surface area contributed by atoms with Gasteiger partial charge in [-0.1, -0.05) is 24.6 Å². The molecule has 0 amide bonds. The molecule has 114 valence electrons. The smallest absolute Gasteiger partial charge is 0.0931 e. The number of ether oxygens (including phenoxy) is 1. The second-order valence-electron chi connectivity index (χ2n) is 5.36. The first-order valence-corrected chi connectivity index (χ1v) is 9.49. The van der Waals surface area contributed by atoms with Gasteiger partial charge in [0.1, 0.15) is 0 Å². The molecule has 2 aromatic heterocycles. The first-order valence-electron chi connectivity index (χ1n) is 7.41. The van der Waals surface area contributed by atoms with Crippen molar-refractivity contribution < 1.29 is 4.74 Å². The van der Waals surface area contributed by atoms with Crippen LogP contribution < -0.4 is 5.32 Å². The van der Waals surface area contributed by atoms with Gasteiger partial charge in [-0.2, -0.15) is 0 Å². The Kier molecular flexibility index (Phi) is 5.35. The van der Waals surface area contributed by atoms with Gasteiger partial charge in [0.15, 0.2) is 0 Å². The van der Waals surface area contributed by atoms with Gasteiger partial charge in [0.05, 0.1) is 16.5 Å². The second-order valence-corrected chi connectivity index (χ2v) is 8.09. The molecule has 1 saturated heterocycles. The Balaban J connectivity index is 1.71. The van der Waals surface area contributed by atoms with E-state index in [0.717, 1.165) is 30.3 Å². The minimum atomic E-state index is 0.251. The predicted molar refractivity (Wildman–Crippen MR) is 91.6 cm³/mol. The lowest BCUT2D eigenvalue weighted by Crippen LogP contribution is -2.31. The lowest BCUT2D eigenvalue weighted by molar-refractivity contribution is 0.0869. The van der Waals surface area contributed by atoms with Crippen LogP contribution in [-0.4, -0.2) is 19.3 Å². The van der Waals surface area contributed by atoms with Crippen LogP contribution in [0.1, 0.15) is 35.6 Å². The van der Waals surface area contributed by atoms with Gasteiger partial charge in [-0.25, -0.2) is 0 Å². The molecule has 0 aromatic carbocycles. The maximum atomic E-state index is 6.11. The van der Waals surface area contributed by atoms with E-state index in [4.69, 9.17) is 16.3 Å². The highest BCUT2D eigenvalue weighted by Gasteiger charge is 2.28. The molecule has 1 aliphatic heterocycles. The molecule has 0 radical (unpaired) electrons. The molecule has 3 unspecified atom stereocenters. The Labute approximate surface area is 139 Å². The fourth-order valence-corrected chi connectivity index (χ4v) is 4.98. The van der Waals surface area contributed by atoms with Gasteiger partial charge in [0.2, 0.25) is 0 Å². The number of rotatable bonds is 6. The van der Waals surface area contributed by atoms with E-state index in [0.29, 0.717) is 12.0 Å². The largest absolute Gasteiger partial charge is 0.378 e. The van der Waals surface area contributed by atoms with Crippen molar-refractivity contribution in [1.29, 1.82) is 0 Å². The molecule has 3 rings (SSSR count). The molecular weight excluding hydrogens is 322 g/mol. The third kappa shape index (κ3) is 3.69. The zero-order valence-electron chi connectivity index (χ0n) is 12.0. The van der Waals surface area contributed by atoms with E-state index >= 15 is 0 Å². The molecule has 2 aromatic rings. The minimum absolute atomic E-state index is 0.251. The van der Waals surface area contributed by atoms with Crippen molar-refractivity contribution in [1.82, 2.24) is 5.32 Å². The van der Waals surface area contributed by atoms with Crippen LogP contribution >= 0.6 is 34.3 Å². The normalized spacial score (nSPS) is 23.5. The molecule has 0 bridgehead atoms. The van der Waals surface area contributed by atoms with Gasteiger partial charge in [0, 0.05) is 22.9 Å². The topological polar surface area (TPSA) is 21.3 Å². The molecule has 1 fully saturated rings. The number of thiophene rings is 2. The Hall–Kier alpha value is -0.390. The van der Waals surface area contributed by atoms with E-state index in [1.54, 1.807) is 22.7 Å². The van der Waals surface area contributed by atoms with E-state index in [1.807, 2.05) is 6.07 Å². The number of hydrogen-bond acceptors (Lipinski definition) is 4. The third-order valence-electron chi connectivity index (χ3n) is 4.04. The molecule has 5 heteroatoms. The van der Waals surface area contributed by atoms with Crippen molar-refractivity contribution in [2.45, 2.75) is 31.9 Å². The Bertz CT molecular complexity index is 554. The standard InChI is InChI=1S/C16H20ClNOS2/c1-2-12-11(7-8-19-12)10-18-16(13-4-3-9-20-13)14-5-6-15(17)21-14/h3-6,9,11-12,16,18H,2,7-8,10H2,1H3. The van der Waals surface area contributed by atoms with E-state index < -0.39 is 0 Å².